The van der Waals surface area contributed by atoms with E-state index in [4.69, 9.17) is 14.2 Å². The fraction of sp³-hybridized carbons (Fsp3) is 0.647. The minimum absolute atomic E-state index is 0.0648. The number of para-hydroxylation sites is 1. The molecule has 0 radical (unpaired) electrons. The Morgan fingerprint density at radius 2 is 1.90 bits per heavy atom. The summed E-state index contributed by atoms with van der Waals surface area (Å²) in [6.45, 7) is 11.3. The summed E-state index contributed by atoms with van der Waals surface area (Å²) in [7, 11) is 1.67. The van der Waals surface area contributed by atoms with Crippen LogP contribution in [0.4, 0.5) is 0 Å². The van der Waals surface area contributed by atoms with E-state index in [1.54, 1.807) is 7.11 Å². The molecule has 0 aliphatic rings. The van der Waals surface area contributed by atoms with Crippen molar-refractivity contribution in [3.8, 4) is 11.5 Å². The molecule has 0 saturated carbocycles. The van der Waals surface area contributed by atoms with Gasteiger partial charge in [0.05, 0.1) is 13.7 Å². The van der Waals surface area contributed by atoms with Crippen LogP contribution in [-0.4, -0.2) is 32.5 Å². The van der Waals surface area contributed by atoms with E-state index in [0.717, 1.165) is 43.2 Å². The molecule has 1 rings (SSSR count). The van der Waals surface area contributed by atoms with Crippen molar-refractivity contribution >= 4 is 0 Å². The first-order valence-electron chi connectivity index (χ1n) is 7.59. The third kappa shape index (κ3) is 6.82. The van der Waals surface area contributed by atoms with Crippen LogP contribution in [0, 0.1) is 0 Å². The molecule has 0 atom stereocenters. The molecular weight excluding hydrogens is 266 g/mol. The predicted octanol–water partition coefficient (Wildman–Crippen LogP) is 3.39. The first-order chi connectivity index (χ1) is 9.98. The molecular formula is C17H29NO3. The lowest BCUT2D eigenvalue weighted by Crippen LogP contribution is -2.35. The number of methoxy groups -OCH3 is 1. The summed E-state index contributed by atoms with van der Waals surface area (Å²) < 4.78 is 16.7. The van der Waals surface area contributed by atoms with E-state index >= 15 is 0 Å². The summed E-state index contributed by atoms with van der Waals surface area (Å²) in [5.74, 6) is 1.60. The van der Waals surface area contributed by atoms with Crippen LogP contribution in [0.2, 0.25) is 0 Å². The lowest BCUT2D eigenvalue weighted by atomic mass is 10.1. The lowest BCUT2D eigenvalue weighted by molar-refractivity contribution is 0.130. The molecule has 120 valence electrons. The Hall–Kier alpha value is -1.26. The van der Waals surface area contributed by atoms with E-state index in [9.17, 15) is 0 Å². The van der Waals surface area contributed by atoms with Crippen LogP contribution >= 0.6 is 0 Å². The maximum Gasteiger partial charge on any atom is 0.165 e. The van der Waals surface area contributed by atoms with Gasteiger partial charge in [-0.25, -0.2) is 0 Å². The van der Waals surface area contributed by atoms with Gasteiger partial charge in [-0.15, -0.1) is 0 Å². The maximum absolute atomic E-state index is 5.93. The molecule has 1 aromatic rings. The second-order valence-electron chi connectivity index (χ2n) is 5.95. The van der Waals surface area contributed by atoms with E-state index in [1.165, 1.54) is 0 Å². The van der Waals surface area contributed by atoms with Gasteiger partial charge in [-0.05, 0) is 33.8 Å². The van der Waals surface area contributed by atoms with Crippen molar-refractivity contribution in [1.82, 2.24) is 5.32 Å². The van der Waals surface area contributed by atoms with E-state index in [0.29, 0.717) is 6.61 Å². The summed E-state index contributed by atoms with van der Waals surface area (Å²) in [6.07, 6.45) is 0.873. The summed E-state index contributed by atoms with van der Waals surface area (Å²) >= 11 is 0. The fourth-order valence-corrected chi connectivity index (χ4v) is 1.86. The Morgan fingerprint density at radius 3 is 2.52 bits per heavy atom. The molecule has 21 heavy (non-hydrogen) atoms. The molecule has 0 aliphatic carbocycles. The zero-order chi connectivity index (χ0) is 15.7. The Labute approximate surface area is 128 Å². The molecule has 0 spiro atoms. The average Bonchev–Trinajstić information content (AvgIpc) is 2.44. The highest BCUT2D eigenvalue weighted by Gasteiger charge is 2.14. The Morgan fingerprint density at radius 1 is 1.14 bits per heavy atom. The van der Waals surface area contributed by atoms with Crippen LogP contribution in [0.3, 0.4) is 0 Å². The van der Waals surface area contributed by atoms with Gasteiger partial charge < -0.3 is 19.5 Å². The Kier molecular flexibility index (Phi) is 7.54. The third-order valence-corrected chi connectivity index (χ3v) is 2.97. The minimum atomic E-state index is 0.0648. The number of benzene rings is 1. The Bertz CT molecular complexity index is 413. The predicted molar refractivity (Wildman–Crippen MR) is 86.2 cm³/mol. The normalized spacial score (nSPS) is 11.5. The van der Waals surface area contributed by atoms with E-state index in [2.05, 4.69) is 32.2 Å². The summed E-state index contributed by atoms with van der Waals surface area (Å²) in [6, 6.07) is 5.99. The molecule has 0 saturated heterocycles. The third-order valence-electron chi connectivity index (χ3n) is 2.97. The SMILES string of the molecule is CCOCCCOc1c(CNC(C)(C)C)cccc1OC. The van der Waals surface area contributed by atoms with E-state index < -0.39 is 0 Å². The largest absolute Gasteiger partial charge is 0.493 e. The number of hydrogen-bond acceptors (Lipinski definition) is 4. The van der Waals surface area contributed by atoms with Gasteiger partial charge in [0, 0.05) is 37.3 Å². The topological polar surface area (TPSA) is 39.7 Å². The van der Waals surface area contributed by atoms with Crippen LogP contribution in [0.25, 0.3) is 0 Å². The number of hydrogen-bond donors (Lipinski definition) is 1. The quantitative estimate of drug-likeness (QED) is 0.709. The Balaban J connectivity index is 2.68. The molecule has 0 fully saturated rings. The van der Waals surface area contributed by atoms with Crippen LogP contribution in [-0.2, 0) is 11.3 Å². The highest BCUT2D eigenvalue weighted by Crippen LogP contribution is 2.31. The van der Waals surface area contributed by atoms with Crippen molar-refractivity contribution < 1.29 is 14.2 Å². The zero-order valence-electron chi connectivity index (χ0n) is 14.0. The summed E-state index contributed by atoms with van der Waals surface area (Å²) in [5, 5.41) is 3.48. The minimum Gasteiger partial charge on any atom is -0.493 e. The van der Waals surface area contributed by atoms with Gasteiger partial charge >= 0.3 is 0 Å². The van der Waals surface area contributed by atoms with Gasteiger partial charge in [0.2, 0.25) is 0 Å². The van der Waals surface area contributed by atoms with Crippen molar-refractivity contribution in [2.45, 2.75) is 46.2 Å². The fourth-order valence-electron chi connectivity index (χ4n) is 1.86. The number of ether oxygens (including phenoxy) is 3. The molecule has 0 unspecified atom stereocenters. The van der Waals surface area contributed by atoms with Gasteiger partial charge in [-0.2, -0.15) is 0 Å². The van der Waals surface area contributed by atoms with Gasteiger partial charge in [-0.3, -0.25) is 0 Å². The number of rotatable bonds is 9. The van der Waals surface area contributed by atoms with Crippen molar-refractivity contribution in [2.24, 2.45) is 0 Å². The van der Waals surface area contributed by atoms with Crippen LogP contribution in [0.1, 0.15) is 39.7 Å². The second kappa shape index (κ2) is 8.90. The van der Waals surface area contributed by atoms with Crippen molar-refractivity contribution in [2.75, 3.05) is 26.9 Å². The highest BCUT2D eigenvalue weighted by molar-refractivity contribution is 5.46. The molecule has 0 bridgehead atoms. The highest BCUT2D eigenvalue weighted by atomic mass is 16.5. The molecule has 1 N–H and O–H groups in total. The van der Waals surface area contributed by atoms with Crippen molar-refractivity contribution in [1.29, 1.82) is 0 Å². The van der Waals surface area contributed by atoms with Crippen LogP contribution in [0.15, 0.2) is 18.2 Å². The van der Waals surface area contributed by atoms with Gasteiger partial charge in [0.1, 0.15) is 0 Å². The van der Waals surface area contributed by atoms with Gasteiger partial charge in [0.25, 0.3) is 0 Å². The number of nitrogens with one attached hydrogen (secondary N) is 1. The van der Waals surface area contributed by atoms with Crippen LogP contribution < -0.4 is 14.8 Å². The maximum atomic E-state index is 5.93. The first-order valence-corrected chi connectivity index (χ1v) is 7.59. The monoisotopic (exact) mass is 295 g/mol. The first kappa shape index (κ1) is 17.8. The molecule has 4 heteroatoms. The molecule has 0 aromatic heterocycles. The molecule has 1 aromatic carbocycles. The zero-order valence-corrected chi connectivity index (χ0v) is 14.0. The molecule has 4 nitrogen and oxygen atoms in total. The standard InChI is InChI=1S/C17H29NO3/c1-6-20-11-8-12-21-16-14(13-18-17(2,3)4)9-7-10-15(16)19-5/h7,9-10,18H,6,8,11-13H2,1-5H3. The van der Waals surface area contributed by atoms with E-state index in [1.807, 2.05) is 19.1 Å². The van der Waals surface area contributed by atoms with Gasteiger partial charge in [-0.1, -0.05) is 12.1 Å². The molecule has 0 aliphatic heterocycles. The van der Waals surface area contributed by atoms with Gasteiger partial charge in [0.15, 0.2) is 11.5 Å². The smallest absolute Gasteiger partial charge is 0.165 e. The van der Waals surface area contributed by atoms with Crippen molar-refractivity contribution in [3.63, 3.8) is 0 Å². The summed E-state index contributed by atoms with van der Waals surface area (Å²) in [5.41, 5.74) is 1.18. The summed E-state index contributed by atoms with van der Waals surface area (Å²) in [4.78, 5) is 0. The molecule has 0 amide bonds. The molecule has 0 heterocycles. The van der Waals surface area contributed by atoms with Crippen LogP contribution in [0.5, 0.6) is 11.5 Å². The van der Waals surface area contributed by atoms with E-state index in [-0.39, 0.29) is 5.54 Å². The van der Waals surface area contributed by atoms with Crippen molar-refractivity contribution in [3.05, 3.63) is 23.8 Å². The lowest BCUT2D eigenvalue weighted by Gasteiger charge is -2.22. The average molecular weight is 295 g/mol. The second-order valence-corrected chi connectivity index (χ2v) is 5.95.